The zero-order valence-electron chi connectivity index (χ0n) is 13.5. The largest absolute Gasteiger partial charge is 0.298 e. The number of hydrogen-bond donors (Lipinski definition) is 1. The first-order valence-corrected chi connectivity index (χ1v) is 8.25. The highest BCUT2D eigenvalue weighted by molar-refractivity contribution is 7.14. The zero-order chi connectivity index (χ0) is 17.3. The van der Waals surface area contributed by atoms with Crippen molar-refractivity contribution in [2.75, 3.05) is 5.32 Å². The number of nitrogens with zero attached hydrogens (tertiary/aromatic N) is 3. The predicted octanol–water partition coefficient (Wildman–Crippen LogP) is 3.08. The van der Waals surface area contributed by atoms with Crippen molar-refractivity contribution in [1.82, 2.24) is 14.8 Å². The molecule has 7 heteroatoms. The van der Waals surface area contributed by atoms with E-state index in [4.69, 9.17) is 0 Å². The number of rotatable bonds is 4. The molecule has 0 aliphatic heterocycles. The molecule has 0 aliphatic carbocycles. The summed E-state index contributed by atoms with van der Waals surface area (Å²) in [5, 5.41) is 9.17. The Morgan fingerprint density at radius 3 is 2.46 bits per heavy atom. The van der Waals surface area contributed by atoms with Crippen LogP contribution in [0.5, 0.6) is 0 Å². The van der Waals surface area contributed by atoms with Crippen LogP contribution in [0.3, 0.4) is 0 Å². The van der Waals surface area contributed by atoms with E-state index in [1.165, 1.54) is 11.3 Å². The second-order valence-corrected chi connectivity index (χ2v) is 6.23. The molecule has 0 atom stereocenters. The van der Waals surface area contributed by atoms with Crippen LogP contribution in [-0.4, -0.2) is 26.5 Å². The van der Waals surface area contributed by atoms with Gasteiger partial charge < -0.3 is 0 Å². The summed E-state index contributed by atoms with van der Waals surface area (Å²) < 4.78 is 1.67. The molecule has 0 saturated heterocycles. The molecule has 24 heavy (non-hydrogen) atoms. The number of amides is 1. The SMILES string of the molecule is Cc1csc(NC(=O)C(=O)c2c(C)nn(-c3ccccc3)c2C)n1. The van der Waals surface area contributed by atoms with Gasteiger partial charge in [0.15, 0.2) is 5.13 Å². The first-order chi connectivity index (χ1) is 11.5. The third-order valence-corrected chi connectivity index (χ3v) is 4.44. The Balaban J connectivity index is 1.90. The second-order valence-electron chi connectivity index (χ2n) is 5.37. The number of thiazole rings is 1. The summed E-state index contributed by atoms with van der Waals surface area (Å²) >= 11 is 1.28. The molecule has 0 radical (unpaired) electrons. The molecule has 3 aromatic rings. The van der Waals surface area contributed by atoms with Gasteiger partial charge in [0, 0.05) is 5.38 Å². The highest BCUT2D eigenvalue weighted by Gasteiger charge is 2.25. The van der Waals surface area contributed by atoms with Crippen LogP contribution in [-0.2, 0) is 4.79 Å². The van der Waals surface area contributed by atoms with Gasteiger partial charge in [-0.3, -0.25) is 14.9 Å². The van der Waals surface area contributed by atoms with Gasteiger partial charge in [-0.1, -0.05) is 18.2 Å². The standard InChI is InChI=1S/C17H16N4O2S/c1-10-9-24-17(18-10)19-16(23)15(22)14-11(2)20-21(12(14)3)13-7-5-4-6-8-13/h4-9H,1-3H3,(H,18,19,23). The maximum Gasteiger partial charge on any atom is 0.298 e. The van der Waals surface area contributed by atoms with E-state index < -0.39 is 11.7 Å². The molecule has 122 valence electrons. The molecule has 1 aromatic carbocycles. The number of anilines is 1. The lowest BCUT2D eigenvalue weighted by Crippen LogP contribution is -2.24. The minimum absolute atomic E-state index is 0.324. The minimum atomic E-state index is -0.705. The molecule has 0 bridgehead atoms. The smallest absolute Gasteiger partial charge is 0.295 e. The Morgan fingerprint density at radius 2 is 1.83 bits per heavy atom. The van der Waals surface area contributed by atoms with E-state index in [0.29, 0.717) is 22.1 Å². The molecule has 0 aliphatic rings. The molecule has 6 nitrogen and oxygen atoms in total. The Labute approximate surface area is 143 Å². The first kappa shape index (κ1) is 16.1. The van der Waals surface area contributed by atoms with E-state index in [1.807, 2.05) is 42.6 Å². The van der Waals surface area contributed by atoms with Gasteiger partial charge in [-0.25, -0.2) is 9.67 Å². The molecule has 3 rings (SSSR count). The van der Waals surface area contributed by atoms with Crippen LogP contribution in [0.1, 0.15) is 27.4 Å². The maximum absolute atomic E-state index is 12.6. The number of aryl methyl sites for hydroxylation is 2. The lowest BCUT2D eigenvalue weighted by Gasteiger charge is -2.05. The summed E-state index contributed by atoms with van der Waals surface area (Å²) in [4.78, 5) is 28.9. The monoisotopic (exact) mass is 340 g/mol. The number of Topliss-reactive ketones (excluding diaryl/α,β-unsaturated/α-hetero) is 1. The molecule has 2 heterocycles. The van der Waals surface area contributed by atoms with Crippen LogP contribution >= 0.6 is 11.3 Å². The molecular formula is C17H16N4O2S. The van der Waals surface area contributed by atoms with Crippen LogP contribution in [0.2, 0.25) is 0 Å². The van der Waals surface area contributed by atoms with Gasteiger partial charge in [0.05, 0.1) is 28.3 Å². The van der Waals surface area contributed by atoms with E-state index >= 15 is 0 Å². The number of para-hydroxylation sites is 1. The van der Waals surface area contributed by atoms with Gasteiger partial charge in [-0.2, -0.15) is 5.10 Å². The van der Waals surface area contributed by atoms with Crippen molar-refractivity contribution in [1.29, 1.82) is 0 Å². The highest BCUT2D eigenvalue weighted by atomic mass is 32.1. The second kappa shape index (κ2) is 6.37. The molecule has 1 N–H and O–H groups in total. The number of benzene rings is 1. The van der Waals surface area contributed by atoms with Crippen molar-refractivity contribution in [3.8, 4) is 5.69 Å². The summed E-state index contributed by atoms with van der Waals surface area (Å²) in [6.45, 7) is 5.33. The van der Waals surface area contributed by atoms with E-state index in [1.54, 1.807) is 18.5 Å². The fourth-order valence-corrected chi connectivity index (χ4v) is 3.15. The number of nitrogens with one attached hydrogen (secondary N) is 1. The Hall–Kier alpha value is -2.80. The van der Waals surface area contributed by atoms with Gasteiger partial charge in [-0.15, -0.1) is 11.3 Å². The van der Waals surface area contributed by atoms with E-state index in [0.717, 1.165) is 11.4 Å². The highest BCUT2D eigenvalue weighted by Crippen LogP contribution is 2.20. The van der Waals surface area contributed by atoms with Crippen molar-refractivity contribution in [2.45, 2.75) is 20.8 Å². The summed E-state index contributed by atoms with van der Waals surface area (Å²) in [6.07, 6.45) is 0. The maximum atomic E-state index is 12.6. The topological polar surface area (TPSA) is 76.9 Å². The normalized spacial score (nSPS) is 10.6. The van der Waals surface area contributed by atoms with E-state index in [-0.39, 0.29) is 0 Å². The Bertz CT molecular complexity index is 912. The summed E-state index contributed by atoms with van der Waals surface area (Å²) in [5.74, 6) is -1.32. The Morgan fingerprint density at radius 1 is 1.12 bits per heavy atom. The van der Waals surface area contributed by atoms with Gasteiger partial charge >= 0.3 is 0 Å². The van der Waals surface area contributed by atoms with Crippen molar-refractivity contribution in [3.05, 3.63) is 58.4 Å². The lowest BCUT2D eigenvalue weighted by molar-refractivity contribution is -0.112. The lowest BCUT2D eigenvalue weighted by atomic mass is 10.1. The summed E-state index contributed by atoms with van der Waals surface area (Å²) in [7, 11) is 0. The minimum Gasteiger partial charge on any atom is -0.295 e. The van der Waals surface area contributed by atoms with Crippen LogP contribution < -0.4 is 5.32 Å². The number of ketones is 1. The predicted molar refractivity (Wildman–Crippen MR) is 92.8 cm³/mol. The van der Waals surface area contributed by atoms with E-state index in [2.05, 4.69) is 15.4 Å². The molecule has 1 amide bonds. The van der Waals surface area contributed by atoms with Crippen LogP contribution in [0.4, 0.5) is 5.13 Å². The van der Waals surface area contributed by atoms with Gasteiger partial charge in [0.2, 0.25) is 0 Å². The number of carbonyl (C=O) groups is 2. The van der Waals surface area contributed by atoms with Crippen LogP contribution in [0, 0.1) is 20.8 Å². The molecular weight excluding hydrogens is 324 g/mol. The third kappa shape index (κ3) is 2.98. The fraction of sp³-hybridized carbons (Fsp3) is 0.176. The van der Waals surface area contributed by atoms with Crippen molar-refractivity contribution < 1.29 is 9.59 Å². The van der Waals surface area contributed by atoms with Crippen LogP contribution in [0.25, 0.3) is 5.69 Å². The third-order valence-electron chi connectivity index (χ3n) is 3.56. The quantitative estimate of drug-likeness (QED) is 0.585. The average molecular weight is 340 g/mol. The average Bonchev–Trinajstić information content (AvgIpc) is 3.10. The number of carbonyl (C=O) groups excluding carboxylic acids is 2. The molecule has 2 aromatic heterocycles. The van der Waals surface area contributed by atoms with Crippen molar-refractivity contribution in [2.24, 2.45) is 0 Å². The van der Waals surface area contributed by atoms with E-state index in [9.17, 15) is 9.59 Å². The molecule has 0 spiro atoms. The van der Waals surface area contributed by atoms with Gasteiger partial charge in [0.1, 0.15) is 0 Å². The first-order valence-electron chi connectivity index (χ1n) is 7.37. The number of aromatic nitrogens is 3. The summed E-state index contributed by atoms with van der Waals surface area (Å²) in [6, 6.07) is 9.48. The molecule has 0 saturated carbocycles. The summed E-state index contributed by atoms with van der Waals surface area (Å²) in [5.41, 5.74) is 3.12. The molecule has 0 fully saturated rings. The van der Waals surface area contributed by atoms with Crippen LogP contribution in [0.15, 0.2) is 35.7 Å². The van der Waals surface area contributed by atoms with Gasteiger partial charge in [-0.05, 0) is 32.9 Å². The van der Waals surface area contributed by atoms with Crippen molar-refractivity contribution in [3.63, 3.8) is 0 Å². The Kier molecular flexibility index (Phi) is 4.26. The van der Waals surface area contributed by atoms with Gasteiger partial charge in [0.25, 0.3) is 11.7 Å². The molecule has 0 unspecified atom stereocenters. The fourth-order valence-electron chi connectivity index (χ4n) is 2.47. The zero-order valence-corrected chi connectivity index (χ0v) is 14.3. The number of hydrogen-bond acceptors (Lipinski definition) is 5. The van der Waals surface area contributed by atoms with Crippen molar-refractivity contribution >= 4 is 28.2 Å².